The summed E-state index contributed by atoms with van der Waals surface area (Å²) < 4.78 is 16.1. The Bertz CT molecular complexity index is 979. The normalized spacial score (nSPS) is 10.6. The van der Waals surface area contributed by atoms with Crippen molar-refractivity contribution in [3.8, 4) is 11.5 Å². The lowest BCUT2D eigenvalue weighted by molar-refractivity contribution is 0.0468. The molecule has 3 rings (SSSR count). The number of aromatic amines is 1. The van der Waals surface area contributed by atoms with E-state index in [1.165, 1.54) is 14.2 Å². The van der Waals surface area contributed by atoms with Crippen LogP contribution in [0.2, 0.25) is 0 Å². The fourth-order valence-corrected chi connectivity index (χ4v) is 3.17. The van der Waals surface area contributed by atoms with Gasteiger partial charge in [0.05, 0.1) is 24.3 Å². The molecular formula is C19H16BrNO5. The van der Waals surface area contributed by atoms with Crippen molar-refractivity contribution in [2.45, 2.75) is 0 Å². The summed E-state index contributed by atoms with van der Waals surface area (Å²) in [6.45, 7) is -0.413. The predicted octanol–water partition coefficient (Wildman–Crippen LogP) is 3.99. The second-order valence-corrected chi connectivity index (χ2v) is 6.22. The monoisotopic (exact) mass is 417 g/mol. The molecule has 0 saturated heterocycles. The number of halogens is 1. The van der Waals surface area contributed by atoms with E-state index in [0.717, 1.165) is 10.9 Å². The van der Waals surface area contributed by atoms with Gasteiger partial charge in [-0.3, -0.25) is 4.79 Å². The fourth-order valence-electron chi connectivity index (χ4n) is 2.56. The van der Waals surface area contributed by atoms with Crippen molar-refractivity contribution in [3.05, 3.63) is 58.2 Å². The maximum Gasteiger partial charge on any atom is 0.356 e. The average molecular weight is 418 g/mol. The highest BCUT2D eigenvalue weighted by atomic mass is 79.9. The minimum atomic E-state index is -0.622. The summed E-state index contributed by atoms with van der Waals surface area (Å²) in [5.74, 6) is -0.109. The molecule has 0 saturated carbocycles. The molecule has 0 atom stereocenters. The lowest BCUT2D eigenvalue weighted by Gasteiger charge is -2.10. The van der Waals surface area contributed by atoms with Crippen LogP contribution in [0.5, 0.6) is 11.5 Å². The van der Waals surface area contributed by atoms with Crippen LogP contribution < -0.4 is 9.47 Å². The topological polar surface area (TPSA) is 77.6 Å². The van der Waals surface area contributed by atoms with Gasteiger partial charge in [-0.25, -0.2) is 4.79 Å². The van der Waals surface area contributed by atoms with Crippen LogP contribution in [-0.2, 0) is 4.74 Å². The summed E-state index contributed by atoms with van der Waals surface area (Å²) in [6, 6.07) is 12.3. The third-order valence-corrected chi connectivity index (χ3v) is 4.71. The van der Waals surface area contributed by atoms with Gasteiger partial charge in [0.25, 0.3) is 0 Å². The molecule has 1 heterocycles. The molecule has 0 aliphatic heterocycles. The first kappa shape index (κ1) is 18.0. The molecule has 0 amide bonds. The zero-order chi connectivity index (χ0) is 18.7. The Labute approximate surface area is 158 Å². The number of ether oxygens (including phenoxy) is 3. The van der Waals surface area contributed by atoms with Crippen molar-refractivity contribution in [3.63, 3.8) is 0 Å². The smallest absolute Gasteiger partial charge is 0.356 e. The number of aromatic nitrogens is 1. The molecule has 0 aliphatic rings. The molecule has 0 radical (unpaired) electrons. The lowest BCUT2D eigenvalue weighted by atomic mass is 10.1. The van der Waals surface area contributed by atoms with Crippen molar-refractivity contribution in [1.82, 2.24) is 4.98 Å². The van der Waals surface area contributed by atoms with Crippen LogP contribution in [0.25, 0.3) is 10.9 Å². The Morgan fingerprint density at radius 3 is 2.54 bits per heavy atom. The van der Waals surface area contributed by atoms with Crippen molar-refractivity contribution < 1.29 is 23.8 Å². The number of hydrogen-bond acceptors (Lipinski definition) is 5. The van der Waals surface area contributed by atoms with E-state index in [9.17, 15) is 9.59 Å². The van der Waals surface area contributed by atoms with Crippen LogP contribution >= 0.6 is 15.9 Å². The molecule has 1 aromatic heterocycles. The first-order valence-corrected chi connectivity index (χ1v) is 8.53. The molecule has 0 unspecified atom stereocenters. The molecule has 1 N–H and O–H groups in total. The molecule has 3 aromatic rings. The van der Waals surface area contributed by atoms with Gasteiger partial charge >= 0.3 is 5.97 Å². The number of para-hydroxylation sites is 1. The van der Waals surface area contributed by atoms with E-state index in [0.29, 0.717) is 16.0 Å². The van der Waals surface area contributed by atoms with E-state index in [4.69, 9.17) is 14.2 Å². The predicted molar refractivity (Wildman–Crippen MR) is 100 cm³/mol. The van der Waals surface area contributed by atoms with E-state index < -0.39 is 12.6 Å². The first-order chi connectivity index (χ1) is 12.5. The SMILES string of the molecule is COc1ccc(OC)c(C(=O)COC(=O)c2[nH]c3ccccc3c2Br)c1. The molecule has 0 spiro atoms. The zero-order valence-electron chi connectivity index (χ0n) is 14.2. The van der Waals surface area contributed by atoms with Gasteiger partial charge in [0.1, 0.15) is 17.2 Å². The maximum atomic E-state index is 12.5. The minimum absolute atomic E-state index is 0.261. The molecule has 26 heavy (non-hydrogen) atoms. The molecule has 7 heteroatoms. The number of nitrogens with one attached hydrogen (secondary N) is 1. The average Bonchev–Trinajstić information content (AvgIpc) is 3.02. The number of methoxy groups -OCH3 is 2. The van der Waals surface area contributed by atoms with Gasteiger partial charge in [0, 0.05) is 10.9 Å². The summed E-state index contributed by atoms with van der Waals surface area (Å²) in [6.07, 6.45) is 0. The van der Waals surface area contributed by atoms with Gasteiger partial charge in [-0.1, -0.05) is 18.2 Å². The largest absolute Gasteiger partial charge is 0.497 e. The lowest BCUT2D eigenvalue weighted by Crippen LogP contribution is -2.15. The molecule has 134 valence electrons. The van der Waals surface area contributed by atoms with Crippen molar-refractivity contribution in [2.24, 2.45) is 0 Å². The van der Waals surface area contributed by atoms with Gasteiger partial charge in [0.2, 0.25) is 5.78 Å². The Hall–Kier alpha value is -2.80. The second-order valence-electron chi connectivity index (χ2n) is 5.43. The number of hydrogen-bond donors (Lipinski definition) is 1. The van der Waals surface area contributed by atoms with E-state index in [1.807, 2.05) is 24.3 Å². The van der Waals surface area contributed by atoms with E-state index in [2.05, 4.69) is 20.9 Å². The zero-order valence-corrected chi connectivity index (χ0v) is 15.8. The quantitative estimate of drug-likeness (QED) is 0.484. The van der Waals surface area contributed by atoms with E-state index in [-0.39, 0.29) is 17.0 Å². The maximum absolute atomic E-state index is 12.5. The number of carbonyl (C=O) groups excluding carboxylic acids is 2. The number of carbonyl (C=O) groups is 2. The fraction of sp³-hybridized carbons (Fsp3) is 0.158. The third-order valence-electron chi connectivity index (χ3n) is 3.89. The summed E-state index contributed by atoms with van der Waals surface area (Å²) in [7, 11) is 2.97. The van der Waals surface area contributed by atoms with Gasteiger partial charge in [-0.15, -0.1) is 0 Å². The molecule has 6 nitrogen and oxygen atoms in total. The highest BCUT2D eigenvalue weighted by molar-refractivity contribution is 9.10. The highest BCUT2D eigenvalue weighted by Crippen LogP contribution is 2.28. The Balaban J connectivity index is 1.77. The number of Topliss-reactive ketones (excluding diaryl/α,β-unsaturated/α-hetero) is 1. The summed E-state index contributed by atoms with van der Waals surface area (Å²) >= 11 is 3.39. The van der Waals surface area contributed by atoms with Crippen LogP contribution in [0.1, 0.15) is 20.8 Å². The molecule has 0 bridgehead atoms. The van der Waals surface area contributed by atoms with Crippen molar-refractivity contribution in [2.75, 3.05) is 20.8 Å². The van der Waals surface area contributed by atoms with Crippen molar-refractivity contribution >= 4 is 38.6 Å². The minimum Gasteiger partial charge on any atom is -0.497 e. The Kier molecular flexibility index (Phi) is 5.27. The molecule has 0 fully saturated rings. The van der Waals surface area contributed by atoms with E-state index in [1.54, 1.807) is 18.2 Å². The van der Waals surface area contributed by atoms with Crippen LogP contribution in [0.4, 0.5) is 0 Å². The molecule has 0 aliphatic carbocycles. The number of rotatable bonds is 6. The summed E-state index contributed by atoms with van der Waals surface area (Å²) in [5.41, 5.74) is 1.35. The van der Waals surface area contributed by atoms with Gasteiger partial charge < -0.3 is 19.2 Å². The number of benzene rings is 2. The second kappa shape index (κ2) is 7.61. The third kappa shape index (κ3) is 3.43. The summed E-state index contributed by atoms with van der Waals surface area (Å²) in [4.78, 5) is 27.8. The Morgan fingerprint density at radius 1 is 1.08 bits per heavy atom. The number of H-pyrrole nitrogens is 1. The first-order valence-electron chi connectivity index (χ1n) is 7.73. The summed E-state index contributed by atoms with van der Waals surface area (Å²) in [5, 5.41) is 0.861. The number of ketones is 1. The van der Waals surface area contributed by atoms with Crippen LogP contribution in [0.15, 0.2) is 46.9 Å². The van der Waals surface area contributed by atoms with Gasteiger partial charge in [0.15, 0.2) is 6.61 Å². The van der Waals surface area contributed by atoms with Crippen LogP contribution in [-0.4, -0.2) is 37.6 Å². The standard InChI is InChI=1S/C19H16BrNO5/c1-24-11-7-8-16(25-2)13(9-11)15(22)10-26-19(23)18-17(20)12-5-3-4-6-14(12)21-18/h3-9,21H,10H2,1-2H3. The van der Waals surface area contributed by atoms with Crippen LogP contribution in [0.3, 0.4) is 0 Å². The Morgan fingerprint density at radius 2 is 1.85 bits per heavy atom. The van der Waals surface area contributed by atoms with Gasteiger partial charge in [-0.05, 0) is 40.2 Å². The number of esters is 1. The highest BCUT2D eigenvalue weighted by Gasteiger charge is 2.20. The van der Waals surface area contributed by atoms with Gasteiger partial charge in [-0.2, -0.15) is 0 Å². The molecular weight excluding hydrogens is 402 g/mol. The van der Waals surface area contributed by atoms with Crippen molar-refractivity contribution in [1.29, 1.82) is 0 Å². The van der Waals surface area contributed by atoms with Crippen LogP contribution in [0, 0.1) is 0 Å². The van der Waals surface area contributed by atoms with E-state index >= 15 is 0 Å². The number of fused-ring (bicyclic) bond motifs is 1. The molecule has 2 aromatic carbocycles.